The van der Waals surface area contributed by atoms with Gasteiger partial charge in [-0.05, 0) is 29.7 Å². The van der Waals surface area contributed by atoms with Gasteiger partial charge in [0.1, 0.15) is 5.01 Å². The number of amides is 1. The van der Waals surface area contributed by atoms with Crippen LogP contribution >= 0.6 is 11.3 Å². The van der Waals surface area contributed by atoms with Crippen LogP contribution in [0.25, 0.3) is 0 Å². The van der Waals surface area contributed by atoms with Gasteiger partial charge in [-0.15, -0.1) is 10.2 Å². The SMILES string of the molecule is CC(C)Cc1nnc(NC(=O)c2cccc(S(=O)(=O)NCc3ccccc3)c2)s1. The third kappa shape index (κ3) is 5.93. The molecule has 0 aliphatic carbocycles. The van der Waals surface area contributed by atoms with Crippen molar-refractivity contribution in [1.82, 2.24) is 14.9 Å². The van der Waals surface area contributed by atoms with Gasteiger partial charge in [0.25, 0.3) is 5.91 Å². The summed E-state index contributed by atoms with van der Waals surface area (Å²) >= 11 is 1.31. The third-order valence-electron chi connectivity index (χ3n) is 3.99. The Bertz CT molecular complexity index is 1080. The van der Waals surface area contributed by atoms with E-state index in [-0.39, 0.29) is 17.0 Å². The lowest BCUT2D eigenvalue weighted by Crippen LogP contribution is -2.23. The van der Waals surface area contributed by atoms with Crippen molar-refractivity contribution >= 4 is 32.4 Å². The molecule has 7 nitrogen and oxygen atoms in total. The first kappa shape index (κ1) is 21.1. The Morgan fingerprint density at radius 2 is 1.83 bits per heavy atom. The molecule has 0 fully saturated rings. The molecule has 29 heavy (non-hydrogen) atoms. The smallest absolute Gasteiger partial charge is 0.257 e. The van der Waals surface area contributed by atoms with Crippen molar-refractivity contribution in [3.05, 3.63) is 70.7 Å². The molecular formula is C20H22N4O3S2. The van der Waals surface area contributed by atoms with Gasteiger partial charge in [-0.1, -0.05) is 61.6 Å². The van der Waals surface area contributed by atoms with Gasteiger partial charge in [0.15, 0.2) is 0 Å². The van der Waals surface area contributed by atoms with E-state index in [0.717, 1.165) is 17.0 Å². The largest absolute Gasteiger partial charge is 0.296 e. The minimum Gasteiger partial charge on any atom is -0.296 e. The molecule has 0 unspecified atom stereocenters. The summed E-state index contributed by atoms with van der Waals surface area (Å²) in [4.78, 5) is 12.5. The van der Waals surface area contributed by atoms with Crippen molar-refractivity contribution in [3.63, 3.8) is 0 Å². The first-order chi connectivity index (χ1) is 13.8. The molecule has 3 aromatic rings. The standard InChI is InChI=1S/C20H22N4O3S2/c1-14(2)11-18-23-24-20(28-18)22-19(25)16-9-6-10-17(12-16)29(26,27)21-13-15-7-4-3-5-8-15/h3-10,12,14,21H,11,13H2,1-2H3,(H,22,24,25). The highest BCUT2D eigenvalue weighted by Crippen LogP contribution is 2.20. The molecule has 0 spiro atoms. The molecule has 0 aliphatic heterocycles. The zero-order valence-corrected chi connectivity index (χ0v) is 17.8. The first-order valence-electron chi connectivity index (χ1n) is 9.11. The van der Waals surface area contributed by atoms with Crippen LogP contribution in [0.2, 0.25) is 0 Å². The minimum absolute atomic E-state index is 0.0267. The Balaban J connectivity index is 1.69. The molecular weight excluding hydrogens is 408 g/mol. The number of hydrogen-bond donors (Lipinski definition) is 2. The van der Waals surface area contributed by atoms with E-state index in [0.29, 0.717) is 11.0 Å². The fourth-order valence-electron chi connectivity index (χ4n) is 2.57. The van der Waals surface area contributed by atoms with E-state index in [4.69, 9.17) is 0 Å². The van der Waals surface area contributed by atoms with Gasteiger partial charge in [-0.25, -0.2) is 13.1 Å². The number of anilines is 1. The van der Waals surface area contributed by atoms with Gasteiger partial charge in [-0.2, -0.15) is 0 Å². The number of carbonyl (C=O) groups is 1. The van der Waals surface area contributed by atoms with E-state index in [1.165, 1.54) is 29.5 Å². The highest BCUT2D eigenvalue weighted by molar-refractivity contribution is 7.89. The van der Waals surface area contributed by atoms with Crippen molar-refractivity contribution in [2.45, 2.75) is 31.7 Å². The van der Waals surface area contributed by atoms with E-state index in [2.05, 4.69) is 34.1 Å². The molecule has 0 saturated heterocycles. The predicted molar refractivity (Wildman–Crippen MR) is 113 cm³/mol. The quantitative estimate of drug-likeness (QED) is 0.570. The summed E-state index contributed by atoms with van der Waals surface area (Å²) in [5, 5.41) is 11.9. The highest BCUT2D eigenvalue weighted by atomic mass is 32.2. The number of sulfonamides is 1. The molecule has 2 aromatic carbocycles. The Hall–Kier alpha value is -2.62. The topological polar surface area (TPSA) is 101 Å². The molecule has 3 rings (SSSR count). The number of rotatable bonds is 8. The second kappa shape index (κ2) is 9.25. The maximum absolute atomic E-state index is 12.6. The molecule has 9 heteroatoms. The van der Waals surface area contributed by atoms with Crippen LogP contribution in [0.3, 0.4) is 0 Å². The average Bonchev–Trinajstić information content (AvgIpc) is 3.13. The lowest BCUT2D eigenvalue weighted by Gasteiger charge is -2.08. The lowest BCUT2D eigenvalue weighted by molar-refractivity contribution is 0.102. The molecule has 1 amide bonds. The number of carbonyl (C=O) groups excluding carboxylic acids is 1. The Morgan fingerprint density at radius 3 is 2.55 bits per heavy atom. The summed E-state index contributed by atoms with van der Waals surface area (Å²) in [6.07, 6.45) is 0.786. The van der Waals surface area contributed by atoms with Crippen LogP contribution in [0.5, 0.6) is 0 Å². The lowest BCUT2D eigenvalue weighted by atomic mass is 10.1. The summed E-state index contributed by atoms with van der Waals surface area (Å²) in [6.45, 7) is 4.33. The molecule has 2 N–H and O–H groups in total. The number of benzene rings is 2. The molecule has 0 bridgehead atoms. The summed E-state index contributed by atoms with van der Waals surface area (Å²) < 4.78 is 27.7. The zero-order valence-electron chi connectivity index (χ0n) is 16.1. The van der Waals surface area contributed by atoms with Crippen LogP contribution in [0.1, 0.15) is 34.8 Å². The van der Waals surface area contributed by atoms with E-state index < -0.39 is 15.9 Å². The first-order valence-corrected chi connectivity index (χ1v) is 11.4. The third-order valence-corrected chi connectivity index (χ3v) is 6.25. The number of hydrogen-bond acceptors (Lipinski definition) is 6. The normalized spacial score (nSPS) is 11.6. The summed E-state index contributed by atoms with van der Waals surface area (Å²) in [6, 6.07) is 15.1. The molecule has 0 aliphatic rings. The number of aromatic nitrogens is 2. The monoisotopic (exact) mass is 430 g/mol. The highest BCUT2D eigenvalue weighted by Gasteiger charge is 2.17. The van der Waals surface area contributed by atoms with Gasteiger partial charge in [0, 0.05) is 18.5 Å². The maximum Gasteiger partial charge on any atom is 0.257 e. The second-order valence-electron chi connectivity index (χ2n) is 6.89. The second-order valence-corrected chi connectivity index (χ2v) is 9.72. The van der Waals surface area contributed by atoms with E-state index in [1.807, 2.05) is 30.3 Å². The van der Waals surface area contributed by atoms with Crippen LogP contribution in [0.15, 0.2) is 59.5 Å². The van der Waals surface area contributed by atoms with Crippen molar-refractivity contribution in [1.29, 1.82) is 0 Å². The van der Waals surface area contributed by atoms with Gasteiger partial charge in [-0.3, -0.25) is 10.1 Å². The van der Waals surface area contributed by atoms with Crippen LogP contribution < -0.4 is 10.0 Å². The molecule has 1 aromatic heterocycles. The molecule has 0 saturated carbocycles. The summed E-state index contributed by atoms with van der Waals surface area (Å²) in [7, 11) is -3.75. The molecule has 0 radical (unpaired) electrons. The van der Waals surface area contributed by atoms with Crippen molar-refractivity contribution in [3.8, 4) is 0 Å². The zero-order chi connectivity index (χ0) is 20.9. The van der Waals surface area contributed by atoms with Crippen LogP contribution in [-0.4, -0.2) is 24.5 Å². The molecule has 0 atom stereocenters. The molecule has 1 heterocycles. The van der Waals surface area contributed by atoms with Crippen LogP contribution in [0.4, 0.5) is 5.13 Å². The van der Waals surface area contributed by atoms with Crippen molar-refractivity contribution < 1.29 is 13.2 Å². The predicted octanol–water partition coefficient (Wildman–Crippen LogP) is 3.47. The minimum atomic E-state index is -3.75. The van der Waals surface area contributed by atoms with Gasteiger partial charge < -0.3 is 0 Å². The van der Waals surface area contributed by atoms with Crippen LogP contribution in [0, 0.1) is 5.92 Å². The number of nitrogens with zero attached hydrogens (tertiary/aromatic N) is 2. The fraction of sp³-hybridized carbons (Fsp3) is 0.250. The Morgan fingerprint density at radius 1 is 1.07 bits per heavy atom. The van der Waals surface area contributed by atoms with E-state index in [1.54, 1.807) is 6.07 Å². The van der Waals surface area contributed by atoms with Gasteiger partial charge in [0.05, 0.1) is 4.90 Å². The van der Waals surface area contributed by atoms with E-state index in [9.17, 15) is 13.2 Å². The van der Waals surface area contributed by atoms with E-state index >= 15 is 0 Å². The van der Waals surface area contributed by atoms with Crippen LogP contribution in [-0.2, 0) is 23.0 Å². The van der Waals surface area contributed by atoms with Crippen molar-refractivity contribution in [2.75, 3.05) is 5.32 Å². The summed E-state index contributed by atoms with van der Waals surface area (Å²) in [5.41, 5.74) is 1.08. The van der Waals surface area contributed by atoms with Gasteiger partial charge >= 0.3 is 0 Å². The molecule has 152 valence electrons. The average molecular weight is 431 g/mol. The van der Waals surface area contributed by atoms with Crippen molar-refractivity contribution in [2.24, 2.45) is 5.92 Å². The summed E-state index contributed by atoms with van der Waals surface area (Å²) in [5.74, 6) is 0.00846. The fourth-order valence-corrected chi connectivity index (χ4v) is 4.58. The Kier molecular flexibility index (Phi) is 6.73. The maximum atomic E-state index is 12.6. The van der Waals surface area contributed by atoms with Gasteiger partial charge in [0.2, 0.25) is 15.2 Å². The Labute approximate surface area is 174 Å². The number of nitrogens with one attached hydrogen (secondary N) is 2.